The van der Waals surface area contributed by atoms with Gasteiger partial charge in [0, 0.05) is 31.0 Å². The van der Waals surface area contributed by atoms with Crippen molar-refractivity contribution < 1.29 is 0 Å². The van der Waals surface area contributed by atoms with Crippen LogP contribution in [0, 0.1) is 0 Å². The molecule has 3 nitrogen and oxygen atoms in total. The number of nitrogens with two attached hydrogens (primary N) is 1. The summed E-state index contributed by atoms with van der Waals surface area (Å²) < 4.78 is 2.45. The highest BCUT2D eigenvalue weighted by molar-refractivity contribution is 5.28. The summed E-state index contributed by atoms with van der Waals surface area (Å²) in [6.07, 6.45) is 10.1. The van der Waals surface area contributed by atoms with Crippen LogP contribution >= 0.6 is 0 Å². The minimum atomic E-state index is 0.282. The third-order valence-corrected chi connectivity index (χ3v) is 4.55. The van der Waals surface area contributed by atoms with Crippen molar-refractivity contribution in [3.63, 3.8) is 0 Å². The summed E-state index contributed by atoms with van der Waals surface area (Å²) in [5, 5.41) is 0. The van der Waals surface area contributed by atoms with E-state index in [-0.39, 0.29) is 6.04 Å². The van der Waals surface area contributed by atoms with Gasteiger partial charge in [0.2, 0.25) is 0 Å². The monoisotopic (exact) mass is 247 g/mol. The first-order chi connectivity index (χ1) is 8.84. The molecule has 1 aromatic heterocycles. The first-order valence-corrected chi connectivity index (χ1v) is 7.50. The first kappa shape index (κ1) is 12.2. The molecule has 0 aromatic carbocycles. The SMILES string of the molecule is NC1CCCc2c1ccn2CCN1CCCCC1. The Balaban J connectivity index is 1.62. The summed E-state index contributed by atoms with van der Waals surface area (Å²) in [4.78, 5) is 2.61. The standard InChI is InChI=1S/C15H25N3/c16-14-5-4-6-15-13(14)7-10-18(15)12-11-17-8-2-1-3-9-17/h7,10,14H,1-6,8-9,11-12,16H2. The van der Waals surface area contributed by atoms with Gasteiger partial charge in [-0.05, 0) is 56.8 Å². The lowest BCUT2D eigenvalue weighted by Crippen LogP contribution is -2.32. The van der Waals surface area contributed by atoms with E-state index in [1.807, 2.05) is 0 Å². The quantitative estimate of drug-likeness (QED) is 0.889. The number of fused-ring (bicyclic) bond motifs is 1. The molecule has 3 rings (SSSR count). The molecule has 0 spiro atoms. The van der Waals surface area contributed by atoms with E-state index in [1.54, 1.807) is 0 Å². The third-order valence-electron chi connectivity index (χ3n) is 4.55. The average molecular weight is 247 g/mol. The molecule has 1 fully saturated rings. The Kier molecular flexibility index (Phi) is 3.71. The molecule has 2 N–H and O–H groups in total. The van der Waals surface area contributed by atoms with E-state index < -0.39 is 0 Å². The molecule has 0 radical (unpaired) electrons. The molecule has 1 saturated heterocycles. The van der Waals surface area contributed by atoms with Crippen LogP contribution in [-0.4, -0.2) is 29.1 Å². The van der Waals surface area contributed by atoms with Gasteiger partial charge in [0.1, 0.15) is 0 Å². The van der Waals surface area contributed by atoms with E-state index in [2.05, 4.69) is 21.7 Å². The molecule has 18 heavy (non-hydrogen) atoms. The van der Waals surface area contributed by atoms with E-state index in [1.165, 1.54) is 63.0 Å². The van der Waals surface area contributed by atoms with E-state index in [0.717, 1.165) is 13.0 Å². The third kappa shape index (κ3) is 2.47. The van der Waals surface area contributed by atoms with Crippen LogP contribution < -0.4 is 5.73 Å². The van der Waals surface area contributed by atoms with Crippen molar-refractivity contribution in [2.24, 2.45) is 5.73 Å². The van der Waals surface area contributed by atoms with Gasteiger partial charge in [0.05, 0.1) is 0 Å². The highest BCUT2D eigenvalue weighted by Gasteiger charge is 2.20. The minimum Gasteiger partial charge on any atom is -0.350 e. The lowest BCUT2D eigenvalue weighted by Gasteiger charge is -2.27. The molecule has 1 unspecified atom stereocenters. The van der Waals surface area contributed by atoms with Crippen molar-refractivity contribution in [1.82, 2.24) is 9.47 Å². The zero-order chi connectivity index (χ0) is 12.4. The molecule has 2 aliphatic rings. The number of hydrogen-bond donors (Lipinski definition) is 1. The highest BCUT2D eigenvalue weighted by atomic mass is 15.1. The summed E-state index contributed by atoms with van der Waals surface area (Å²) in [5.41, 5.74) is 9.08. The summed E-state index contributed by atoms with van der Waals surface area (Å²) in [5.74, 6) is 0. The second kappa shape index (κ2) is 5.45. The van der Waals surface area contributed by atoms with Gasteiger partial charge >= 0.3 is 0 Å². The molecule has 0 saturated carbocycles. The van der Waals surface area contributed by atoms with Crippen molar-refractivity contribution in [3.05, 3.63) is 23.5 Å². The number of piperidine rings is 1. The van der Waals surface area contributed by atoms with Crippen LogP contribution in [0.15, 0.2) is 12.3 Å². The van der Waals surface area contributed by atoms with E-state index in [0.29, 0.717) is 0 Å². The van der Waals surface area contributed by atoms with Crippen LogP contribution in [0.3, 0.4) is 0 Å². The van der Waals surface area contributed by atoms with Crippen LogP contribution in [0.5, 0.6) is 0 Å². The van der Waals surface area contributed by atoms with E-state index in [9.17, 15) is 0 Å². The lowest BCUT2D eigenvalue weighted by atomic mass is 9.94. The first-order valence-electron chi connectivity index (χ1n) is 7.50. The summed E-state index contributed by atoms with van der Waals surface area (Å²) in [6, 6.07) is 2.53. The largest absolute Gasteiger partial charge is 0.350 e. The molecule has 0 bridgehead atoms. The van der Waals surface area contributed by atoms with Gasteiger partial charge in [-0.25, -0.2) is 0 Å². The lowest BCUT2D eigenvalue weighted by molar-refractivity contribution is 0.220. The zero-order valence-corrected chi connectivity index (χ0v) is 11.3. The van der Waals surface area contributed by atoms with Crippen molar-refractivity contribution in [3.8, 4) is 0 Å². The van der Waals surface area contributed by atoms with E-state index >= 15 is 0 Å². The Labute approximate surface area is 110 Å². The molecule has 2 heterocycles. The maximum Gasteiger partial charge on any atom is 0.0350 e. The van der Waals surface area contributed by atoms with Gasteiger partial charge in [-0.15, -0.1) is 0 Å². The molecule has 1 aromatic rings. The summed E-state index contributed by atoms with van der Waals surface area (Å²) >= 11 is 0. The summed E-state index contributed by atoms with van der Waals surface area (Å²) in [6.45, 7) is 4.93. The molecule has 3 heteroatoms. The van der Waals surface area contributed by atoms with Crippen LogP contribution in [0.2, 0.25) is 0 Å². The summed E-state index contributed by atoms with van der Waals surface area (Å²) in [7, 11) is 0. The Morgan fingerprint density at radius 2 is 1.94 bits per heavy atom. The molecule has 1 aliphatic heterocycles. The number of hydrogen-bond acceptors (Lipinski definition) is 2. The molecule has 0 amide bonds. The van der Waals surface area contributed by atoms with Crippen molar-refractivity contribution in [2.75, 3.05) is 19.6 Å². The maximum atomic E-state index is 6.17. The van der Waals surface area contributed by atoms with Crippen molar-refractivity contribution >= 4 is 0 Å². The number of likely N-dealkylation sites (tertiary alicyclic amines) is 1. The number of rotatable bonds is 3. The maximum absolute atomic E-state index is 6.17. The molecule has 1 atom stereocenters. The highest BCUT2D eigenvalue weighted by Crippen LogP contribution is 2.28. The van der Waals surface area contributed by atoms with Gasteiger partial charge in [-0.2, -0.15) is 0 Å². The zero-order valence-electron chi connectivity index (χ0n) is 11.3. The number of aromatic nitrogens is 1. The van der Waals surface area contributed by atoms with Gasteiger partial charge in [-0.3, -0.25) is 0 Å². The second-order valence-corrected chi connectivity index (χ2v) is 5.81. The topological polar surface area (TPSA) is 34.2 Å². The fraction of sp³-hybridized carbons (Fsp3) is 0.733. The molecular weight excluding hydrogens is 222 g/mol. The fourth-order valence-electron chi connectivity index (χ4n) is 3.43. The predicted molar refractivity (Wildman–Crippen MR) is 74.6 cm³/mol. The Bertz CT molecular complexity index is 390. The molecular formula is C15H25N3. The predicted octanol–water partition coefficient (Wildman–Crippen LogP) is 2.31. The Hall–Kier alpha value is -0.800. The van der Waals surface area contributed by atoms with Crippen LogP contribution in [-0.2, 0) is 13.0 Å². The van der Waals surface area contributed by atoms with Crippen molar-refractivity contribution in [1.29, 1.82) is 0 Å². The second-order valence-electron chi connectivity index (χ2n) is 5.81. The average Bonchev–Trinajstić information content (AvgIpc) is 2.82. The molecule has 1 aliphatic carbocycles. The number of nitrogens with zero attached hydrogens (tertiary/aromatic N) is 2. The Morgan fingerprint density at radius 3 is 2.78 bits per heavy atom. The van der Waals surface area contributed by atoms with Crippen molar-refractivity contribution in [2.45, 2.75) is 51.1 Å². The van der Waals surface area contributed by atoms with E-state index in [4.69, 9.17) is 5.73 Å². The van der Waals surface area contributed by atoms with Gasteiger partial charge in [-0.1, -0.05) is 6.42 Å². The smallest absolute Gasteiger partial charge is 0.0350 e. The van der Waals surface area contributed by atoms with Crippen LogP contribution in [0.25, 0.3) is 0 Å². The molecule has 100 valence electrons. The van der Waals surface area contributed by atoms with Gasteiger partial charge < -0.3 is 15.2 Å². The Morgan fingerprint density at radius 1 is 1.11 bits per heavy atom. The normalized spacial score (nSPS) is 25.1. The van der Waals surface area contributed by atoms with Crippen LogP contribution in [0.1, 0.15) is 49.4 Å². The van der Waals surface area contributed by atoms with Gasteiger partial charge in [0.25, 0.3) is 0 Å². The van der Waals surface area contributed by atoms with Crippen LogP contribution in [0.4, 0.5) is 0 Å². The fourth-order valence-corrected chi connectivity index (χ4v) is 3.43. The van der Waals surface area contributed by atoms with Gasteiger partial charge in [0.15, 0.2) is 0 Å². The minimum absolute atomic E-state index is 0.282.